The second-order valence-electron chi connectivity index (χ2n) is 3.60. The van der Waals surface area contributed by atoms with E-state index < -0.39 is 11.9 Å². The van der Waals surface area contributed by atoms with E-state index >= 15 is 0 Å². The minimum atomic E-state index is -1.27. The average molecular weight is 263 g/mol. The fraction of sp³-hybridized carbons (Fsp3) is 0. The average Bonchev–Trinajstić information content (AvgIpc) is 2.34. The van der Waals surface area contributed by atoms with Gasteiger partial charge >= 0.3 is 6.09 Å². The van der Waals surface area contributed by atoms with E-state index in [2.05, 4.69) is 4.98 Å². The smallest absolute Gasteiger partial charge is 0.409 e. The zero-order valence-electron chi connectivity index (χ0n) is 9.63. The van der Waals surface area contributed by atoms with E-state index in [4.69, 9.17) is 15.6 Å². The van der Waals surface area contributed by atoms with Crippen molar-refractivity contribution < 1.29 is 19.0 Å². The molecular weight excluding hydrogens is 253 g/mol. The Labute approximate surface area is 107 Å². The summed E-state index contributed by atoms with van der Waals surface area (Å²) in [6, 6.07) is 6.79. The number of carboxylic acid groups (broad SMARTS) is 1. The number of nitrogen functional groups attached to an aromatic ring is 1. The van der Waals surface area contributed by atoms with Crippen molar-refractivity contribution in [3.8, 4) is 11.5 Å². The third kappa shape index (κ3) is 3.32. The highest BCUT2D eigenvalue weighted by Crippen LogP contribution is 2.26. The molecule has 0 atom stereocenters. The van der Waals surface area contributed by atoms with Gasteiger partial charge in [-0.25, -0.2) is 14.2 Å². The molecular formula is C12H10FN3O3. The van der Waals surface area contributed by atoms with Crippen molar-refractivity contribution in [2.24, 2.45) is 0 Å². The van der Waals surface area contributed by atoms with Crippen LogP contribution in [0.2, 0.25) is 0 Å². The van der Waals surface area contributed by atoms with Crippen LogP contribution in [0.3, 0.4) is 0 Å². The summed E-state index contributed by atoms with van der Waals surface area (Å²) in [6.07, 6.45) is 0.0915. The summed E-state index contributed by atoms with van der Waals surface area (Å²) < 4.78 is 18.9. The monoisotopic (exact) mass is 263 g/mol. The van der Waals surface area contributed by atoms with Gasteiger partial charge in [0.1, 0.15) is 11.6 Å². The first-order chi connectivity index (χ1) is 9.04. The molecule has 7 heteroatoms. The SMILES string of the molecule is Nc1ccc(Oc2ccc(NC(=O)O)cc2F)cn1. The molecule has 2 rings (SSSR count). The molecule has 19 heavy (non-hydrogen) atoms. The van der Waals surface area contributed by atoms with Crippen molar-refractivity contribution in [2.45, 2.75) is 0 Å². The molecule has 0 fully saturated rings. The molecule has 0 spiro atoms. The molecule has 0 saturated heterocycles. The molecule has 0 bridgehead atoms. The summed E-state index contributed by atoms with van der Waals surface area (Å²) in [5, 5.41) is 10.5. The molecule has 2 aromatic rings. The largest absolute Gasteiger partial charge is 0.465 e. The zero-order valence-corrected chi connectivity index (χ0v) is 9.63. The molecule has 0 aliphatic carbocycles. The number of hydrogen-bond acceptors (Lipinski definition) is 4. The van der Waals surface area contributed by atoms with Crippen LogP contribution in [0.25, 0.3) is 0 Å². The molecule has 0 aliphatic rings. The molecule has 1 heterocycles. The molecule has 98 valence electrons. The number of amides is 1. The maximum Gasteiger partial charge on any atom is 0.409 e. The van der Waals surface area contributed by atoms with Gasteiger partial charge in [-0.15, -0.1) is 0 Å². The van der Waals surface area contributed by atoms with E-state index in [0.717, 1.165) is 6.07 Å². The van der Waals surface area contributed by atoms with Crippen LogP contribution in [0.15, 0.2) is 36.5 Å². The lowest BCUT2D eigenvalue weighted by molar-refractivity contribution is 0.209. The minimum absolute atomic E-state index is 0.0393. The number of nitrogens with zero attached hydrogens (tertiary/aromatic N) is 1. The lowest BCUT2D eigenvalue weighted by atomic mass is 10.3. The Morgan fingerprint density at radius 3 is 2.74 bits per heavy atom. The summed E-state index contributed by atoms with van der Waals surface area (Å²) in [4.78, 5) is 14.2. The van der Waals surface area contributed by atoms with Crippen LogP contribution in [0.5, 0.6) is 11.5 Å². The van der Waals surface area contributed by atoms with Crippen LogP contribution in [-0.2, 0) is 0 Å². The summed E-state index contributed by atoms with van der Waals surface area (Å²) in [5.74, 6) is -0.0774. The third-order valence-electron chi connectivity index (χ3n) is 2.17. The topological polar surface area (TPSA) is 97.5 Å². The van der Waals surface area contributed by atoms with Crippen LogP contribution in [-0.4, -0.2) is 16.2 Å². The van der Waals surface area contributed by atoms with Gasteiger partial charge in [0.05, 0.1) is 6.20 Å². The normalized spacial score (nSPS) is 9.95. The van der Waals surface area contributed by atoms with Crippen LogP contribution < -0.4 is 15.8 Å². The number of aromatic nitrogens is 1. The Balaban J connectivity index is 2.17. The number of nitrogens with two attached hydrogens (primary N) is 1. The summed E-state index contributed by atoms with van der Waals surface area (Å²) >= 11 is 0. The molecule has 0 saturated carbocycles. The summed E-state index contributed by atoms with van der Waals surface area (Å²) in [6.45, 7) is 0. The van der Waals surface area contributed by atoms with Gasteiger partial charge in [0.15, 0.2) is 11.6 Å². The van der Waals surface area contributed by atoms with E-state index in [1.54, 1.807) is 6.07 Å². The Hall–Kier alpha value is -2.83. The molecule has 6 nitrogen and oxygen atoms in total. The Morgan fingerprint density at radius 1 is 1.37 bits per heavy atom. The van der Waals surface area contributed by atoms with Crippen molar-refractivity contribution in [3.63, 3.8) is 0 Å². The Kier molecular flexibility index (Phi) is 3.46. The number of hydrogen-bond donors (Lipinski definition) is 3. The van der Waals surface area contributed by atoms with E-state index in [9.17, 15) is 9.18 Å². The van der Waals surface area contributed by atoms with Crippen molar-refractivity contribution in [2.75, 3.05) is 11.1 Å². The predicted molar refractivity (Wildman–Crippen MR) is 66.8 cm³/mol. The fourth-order valence-corrected chi connectivity index (χ4v) is 1.36. The maximum atomic E-state index is 13.7. The number of pyridine rings is 1. The van der Waals surface area contributed by atoms with Gasteiger partial charge in [-0.1, -0.05) is 0 Å². The van der Waals surface area contributed by atoms with Crippen LogP contribution in [0, 0.1) is 5.82 Å². The number of anilines is 2. The van der Waals surface area contributed by atoms with Crippen LogP contribution >= 0.6 is 0 Å². The number of carbonyl (C=O) groups is 1. The van der Waals surface area contributed by atoms with Gasteiger partial charge in [0.2, 0.25) is 0 Å². The van der Waals surface area contributed by atoms with Gasteiger partial charge in [-0.05, 0) is 24.3 Å². The van der Waals surface area contributed by atoms with E-state index in [0.29, 0.717) is 11.6 Å². The van der Waals surface area contributed by atoms with E-state index in [-0.39, 0.29) is 11.4 Å². The maximum absolute atomic E-state index is 13.7. The third-order valence-corrected chi connectivity index (χ3v) is 2.17. The quantitative estimate of drug-likeness (QED) is 0.790. The van der Waals surface area contributed by atoms with Gasteiger partial charge < -0.3 is 15.6 Å². The van der Waals surface area contributed by atoms with E-state index in [1.807, 2.05) is 5.32 Å². The summed E-state index contributed by atoms with van der Waals surface area (Å²) in [7, 11) is 0. The molecule has 0 unspecified atom stereocenters. The highest BCUT2D eigenvalue weighted by molar-refractivity contribution is 5.82. The van der Waals surface area contributed by atoms with Crippen molar-refractivity contribution in [3.05, 3.63) is 42.3 Å². The second-order valence-corrected chi connectivity index (χ2v) is 3.60. The molecule has 1 aromatic carbocycles. The molecule has 0 aliphatic heterocycles. The lowest BCUT2D eigenvalue weighted by Crippen LogP contribution is -2.07. The molecule has 0 radical (unpaired) electrons. The van der Waals surface area contributed by atoms with Crippen molar-refractivity contribution in [1.82, 2.24) is 4.98 Å². The van der Waals surface area contributed by atoms with Gasteiger partial charge in [-0.2, -0.15) is 0 Å². The van der Waals surface area contributed by atoms with Crippen LogP contribution in [0.4, 0.5) is 20.7 Å². The first-order valence-electron chi connectivity index (χ1n) is 5.23. The van der Waals surface area contributed by atoms with Crippen molar-refractivity contribution >= 4 is 17.6 Å². The predicted octanol–water partition coefficient (Wildman–Crippen LogP) is 2.69. The molecule has 4 N–H and O–H groups in total. The zero-order chi connectivity index (χ0) is 13.8. The first kappa shape index (κ1) is 12.6. The standard InChI is InChI=1S/C12H10FN3O3/c13-9-5-7(16-12(17)18)1-3-10(9)19-8-2-4-11(14)15-6-8/h1-6,16H,(H2,14,15)(H,17,18). The van der Waals surface area contributed by atoms with Gasteiger partial charge in [-0.3, -0.25) is 5.32 Å². The highest BCUT2D eigenvalue weighted by Gasteiger charge is 2.07. The van der Waals surface area contributed by atoms with E-state index in [1.165, 1.54) is 24.4 Å². The number of benzene rings is 1. The lowest BCUT2D eigenvalue weighted by Gasteiger charge is -2.08. The highest BCUT2D eigenvalue weighted by atomic mass is 19.1. The Bertz CT molecular complexity index is 602. The number of halogens is 1. The Morgan fingerprint density at radius 2 is 2.16 bits per heavy atom. The van der Waals surface area contributed by atoms with Gasteiger partial charge in [0.25, 0.3) is 0 Å². The van der Waals surface area contributed by atoms with Crippen LogP contribution in [0.1, 0.15) is 0 Å². The number of rotatable bonds is 3. The minimum Gasteiger partial charge on any atom is -0.465 e. The second kappa shape index (κ2) is 5.21. The molecule has 1 amide bonds. The van der Waals surface area contributed by atoms with Gasteiger partial charge in [0, 0.05) is 11.8 Å². The molecule has 1 aromatic heterocycles. The fourth-order valence-electron chi connectivity index (χ4n) is 1.36. The first-order valence-corrected chi connectivity index (χ1v) is 5.23. The summed E-state index contributed by atoms with van der Waals surface area (Å²) in [5.41, 5.74) is 5.53. The van der Waals surface area contributed by atoms with Crippen molar-refractivity contribution in [1.29, 1.82) is 0 Å². The number of ether oxygens (including phenoxy) is 1. The number of nitrogens with one attached hydrogen (secondary N) is 1.